The second-order valence-electron chi connectivity index (χ2n) is 6.12. The van der Waals surface area contributed by atoms with E-state index in [0.717, 1.165) is 11.1 Å². The first-order chi connectivity index (χ1) is 12.5. The Balaban J connectivity index is 1.67. The molecule has 4 N–H and O–H groups in total. The molecule has 0 saturated heterocycles. The van der Waals surface area contributed by atoms with Crippen molar-refractivity contribution in [2.75, 3.05) is 6.54 Å². The number of nitrogens with one attached hydrogen (secondary N) is 2. The van der Waals surface area contributed by atoms with Crippen LogP contribution in [-0.4, -0.2) is 30.6 Å². The van der Waals surface area contributed by atoms with Crippen LogP contribution in [0.25, 0.3) is 0 Å². The summed E-state index contributed by atoms with van der Waals surface area (Å²) in [5.74, 6) is -0.301. The summed E-state index contributed by atoms with van der Waals surface area (Å²) in [6, 6.07) is 18.3. The van der Waals surface area contributed by atoms with Crippen LogP contribution in [0.2, 0.25) is 0 Å². The smallest absolute Gasteiger partial charge is 0.408 e. The van der Waals surface area contributed by atoms with E-state index < -0.39 is 12.1 Å². The fourth-order valence-corrected chi connectivity index (χ4v) is 2.38. The fraction of sp³-hybridized carbons (Fsp3) is 0.300. The van der Waals surface area contributed by atoms with Crippen LogP contribution in [0.4, 0.5) is 4.79 Å². The van der Waals surface area contributed by atoms with Crippen molar-refractivity contribution in [3.05, 3.63) is 71.8 Å². The van der Waals surface area contributed by atoms with Crippen molar-refractivity contribution >= 4 is 12.0 Å². The lowest BCUT2D eigenvalue weighted by atomic mass is 10.1. The Morgan fingerprint density at radius 1 is 1.00 bits per heavy atom. The molecule has 2 amide bonds. The summed E-state index contributed by atoms with van der Waals surface area (Å²) in [7, 11) is 0. The molecule has 2 aromatic rings. The first-order valence-corrected chi connectivity index (χ1v) is 8.59. The molecule has 6 nitrogen and oxygen atoms in total. The highest BCUT2D eigenvalue weighted by Gasteiger charge is 2.17. The van der Waals surface area contributed by atoms with Gasteiger partial charge >= 0.3 is 6.09 Å². The van der Waals surface area contributed by atoms with Gasteiger partial charge in [0.2, 0.25) is 5.91 Å². The van der Waals surface area contributed by atoms with Crippen LogP contribution in [0.5, 0.6) is 0 Å². The zero-order valence-electron chi connectivity index (χ0n) is 14.9. The van der Waals surface area contributed by atoms with Crippen LogP contribution in [0.1, 0.15) is 18.1 Å². The van der Waals surface area contributed by atoms with Crippen LogP contribution >= 0.6 is 0 Å². The quantitative estimate of drug-likeness (QED) is 0.675. The van der Waals surface area contributed by atoms with E-state index in [9.17, 15) is 9.59 Å². The van der Waals surface area contributed by atoms with E-state index in [0.29, 0.717) is 13.0 Å². The van der Waals surface area contributed by atoms with Gasteiger partial charge in [0.1, 0.15) is 12.6 Å². The van der Waals surface area contributed by atoms with Crippen molar-refractivity contribution in [3.63, 3.8) is 0 Å². The number of carbonyl (C=O) groups is 2. The van der Waals surface area contributed by atoms with Gasteiger partial charge in [0, 0.05) is 12.6 Å². The number of nitrogens with two attached hydrogens (primary N) is 1. The molecule has 0 saturated carbocycles. The van der Waals surface area contributed by atoms with Crippen LogP contribution in [0, 0.1) is 0 Å². The Labute approximate surface area is 153 Å². The Morgan fingerprint density at radius 3 is 2.19 bits per heavy atom. The van der Waals surface area contributed by atoms with Gasteiger partial charge in [0.25, 0.3) is 0 Å². The summed E-state index contributed by atoms with van der Waals surface area (Å²) in [6.45, 7) is 2.09. The maximum atomic E-state index is 12.1. The summed E-state index contributed by atoms with van der Waals surface area (Å²) < 4.78 is 5.10. The predicted molar refractivity (Wildman–Crippen MR) is 100 cm³/mol. The largest absolute Gasteiger partial charge is 0.445 e. The Kier molecular flexibility index (Phi) is 7.64. The Hall–Kier alpha value is -2.86. The van der Waals surface area contributed by atoms with E-state index >= 15 is 0 Å². The topological polar surface area (TPSA) is 93.4 Å². The first-order valence-electron chi connectivity index (χ1n) is 8.59. The molecule has 2 rings (SSSR count). The van der Waals surface area contributed by atoms with Gasteiger partial charge in [-0.1, -0.05) is 60.7 Å². The molecule has 0 aliphatic heterocycles. The average molecular weight is 355 g/mol. The predicted octanol–water partition coefficient (Wildman–Crippen LogP) is 1.99. The molecule has 0 radical (unpaired) electrons. The van der Waals surface area contributed by atoms with Gasteiger partial charge in [-0.25, -0.2) is 4.79 Å². The van der Waals surface area contributed by atoms with Crippen molar-refractivity contribution in [1.29, 1.82) is 0 Å². The summed E-state index contributed by atoms with van der Waals surface area (Å²) in [5.41, 5.74) is 8.04. The first kappa shape index (κ1) is 19.5. The second kappa shape index (κ2) is 10.2. The maximum Gasteiger partial charge on any atom is 0.408 e. The number of hydrogen-bond acceptors (Lipinski definition) is 4. The van der Waals surface area contributed by atoms with Crippen LogP contribution in [0.3, 0.4) is 0 Å². The summed E-state index contributed by atoms with van der Waals surface area (Å²) in [4.78, 5) is 23.8. The summed E-state index contributed by atoms with van der Waals surface area (Å²) >= 11 is 0. The highest BCUT2D eigenvalue weighted by atomic mass is 16.5. The monoisotopic (exact) mass is 355 g/mol. The molecule has 0 aliphatic rings. The molecule has 0 heterocycles. The SMILES string of the molecule is C[C@@H](NC(=O)OCc1ccccc1)C(=O)NC[C@@H](N)Cc1ccccc1. The van der Waals surface area contributed by atoms with E-state index in [2.05, 4.69) is 10.6 Å². The Morgan fingerprint density at radius 2 is 1.58 bits per heavy atom. The normalized spacial score (nSPS) is 12.7. The zero-order chi connectivity index (χ0) is 18.8. The van der Waals surface area contributed by atoms with Gasteiger partial charge in [-0.05, 0) is 24.5 Å². The van der Waals surface area contributed by atoms with Gasteiger partial charge in [-0.15, -0.1) is 0 Å². The third-order valence-electron chi connectivity index (χ3n) is 3.82. The van der Waals surface area contributed by atoms with Crippen molar-refractivity contribution in [2.24, 2.45) is 5.73 Å². The van der Waals surface area contributed by atoms with Crippen molar-refractivity contribution < 1.29 is 14.3 Å². The van der Waals surface area contributed by atoms with E-state index in [1.807, 2.05) is 60.7 Å². The number of carbonyl (C=O) groups excluding carboxylic acids is 2. The number of benzene rings is 2. The molecule has 0 unspecified atom stereocenters. The standard InChI is InChI=1S/C20H25N3O3/c1-15(23-20(25)26-14-17-10-6-3-7-11-17)19(24)22-13-18(21)12-16-8-4-2-5-9-16/h2-11,15,18H,12-14,21H2,1H3,(H,22,24)(H,23,25)/t15-,18+/m1/s1. The zero-order valence-corrected chi connectivity index (χ0v) is 14.9. The molecule has 2 atom stereocenters. The molecule has 26 heavy (non-hydrogen) atoms. The molecule has 0 fully saturated rings. The van der Waals surface area contributed by atoms with Crippen molar-refractivity contribution in [2.45, 2.75) is 32.0 Å². The lowest BCUT2D eigenvalue weighted by Gasteiger charge is -2.17. The summed E-state index contributed by atoms with van der Waals surface area (Å²) in [5, 5.41) is 5.26. The lowest BCUT2D eigenvalue weighted by Crippen LogP contribution is -2.48. The lowest BCUT2D eigenvalue weighted by molar-refractivity contribution is -0.122. The number of amides is 2. The molecule has 6 heteroatoms. The number of hydrogen-bond donors (Lipinski definition) is 3. The second-order valence-corrected chi connectivity index (χ2v) is 6.12. The highest BCUT2D eigenvalue weighted by molar-refractivity contribution is 5.85. The van der Waals surface area contributed by atoms with Gasteiger partial charge in [0.15, 0.2) is 0 Å². The van der Waals surface area contributed by atoms with Crippen LogP contribution in [0.15, 0.2) is 60.7 Å². The van der Waals surface area contributed by atoms with Gasteiger partial charge < -0.3 is 21.1 Å². The molecular formula is C20H25N3O3. The number of ether oxygens (including phenoxy) is 1. The van der Waals surface area contributed by atoms with E-state index in [1.165, 1.54) is 0 Å². The van der Waals surface area contributed by atoms with E-state index in [1.54, 1.807) is 6.92 Å². The van der Waals surface area contributed by atoms with E-state index in [4.69, 9.17) is 10.5 Å². The maximum absolute atomic E-state index is 12.1. The van der Waals surface area contributed by atoms with Gasteiger partial charge in [-0.3, -0.25) is 4.79 Å². The Bertz CT molecular complexity index is 692. The fourth-order valence-electron chi connectivity index (χ4n) is 2.38. The van der Waals surface area contributed by atoms with Gasteiger partial charge in [0.05, 0.1) is 0 Å². The van der Waals surface area contributed by atoms with E-state index in [-0.39, 0.29) is 18.6 Å². The molecule has 138 valence electrons. The molecule has 2 aromatic carbocycles. The molecule has 0 aliphatic carbocycles. The molecule has 0 bridgehead atoms. The number of alkyl carbamates (subject to hydrolysis) is 1. The van der Waals surface area contributed by atoms with Crippen LogP contribution < -0.4 is 16.4 Å². The number of rotatable bonds is 8. The van der Waals surface area contributed by atoms with Crippen molar-refractivity contribution in [1.82, 2.24) is 10.6 Å². The molecule has 0 spiro atoms. The third-order valence-corrected chi connectivity index (χ3v) is 3.82. The minimum Gasteiger partial charge on any atom is -0.445 e. The molecular weight excluding hydrogens is 330 g/mol. The minimum atomic E-state index is -0.706. The van der Waals surface area contributed by atoms with Crippen molar-refractivity contribution in [3.8, 4) is 0 Å². The van der Waals surface area contributed by atoms with Crippen LogP contribution in [-0.2, 0) is 22.6 Å². The minimum absolute atomic E-state index is 0.156. The average Bonchev–Trinajstić information content (AvgIpc) is 2.66. The molecule has 0 aromatic heterocycles. The van der Waals surface area contributed by atoms with Gasteiger partial charge in [-0.2, -0.15) is 0 Å². The highest BCUT2D eigenvalue weighted by Crippen LogP contribution is 2.02. The third kappa shape index (κ3) is 6.94. The summed E-state index contributed by atoms with van der Waals surface area (Å²) in [6.07, 6.45) is 0.0345.